The Morgan fingerprint density at radius 3 is 2.41 bits per heavy atom. The van der Waals surface area contributed by atoms with E-state index in [-0.39, 0.29) is 0 Å². The second-order valence-electron chi connectivity index (χ2n) is 7.26. The van der Waals surface area contributed by atoms with Crippen molar-refractivity contribution in [1.29, 1.82) is 0 Å². The monoisotopic (exact) mass is 291 g/mol. The predicted molar refractivity (Wildman–Crippen MR) is 92.1 cm³/mol. The molecule has 3 atom stereocenters. The van der Waals surface area contributed by atoms with E-state index in [4.69, 9.17) is 0 Å². The second kappa shape index (κ2) is 5.55. The van der Waals surface area contributed by atoms with Crippen molar-refractivity contribution in [2.75, 3.05) is 13.1 Å². The average Bonchev–Trinajstić information content (AvgIpc) is 2.97. The van der Waals surface area contributed by atoms with Gasteiger partial charge in [-0.3, -0.25) is 0 Å². The molecular weight excluding hydrogens is 266 g/mol. The summed E-state index contributed by atoms with van der Waals surface area (Å²) in [5.74, 6) is 2.14. The van der Waals surface area contributed by atoms with E-state index < -0.39 is 0 Å². The second-order valence-corrected chi connectivity index (χ2v) is 7.26. The first-order valence-corrected chi connectivity index (χ1v) is 8.61. The summed E-state index contributed by atoms with van der Waals surface area (Å²) in [6.45, 7) is 7.18. The first-order chi connectivity index (χ1) is 10.7. The van der Waals surface area contributed by atoms with Crippen molar-refractivity contribution in [3.63, 3.8) is 0 Å². The molecule has 1 heteroatoms. The van der Waals surface area contributed by atoms with Gasteiger partial charge < -0.3 is 4.90 Å². The summed E-state index contributed by atoms with van der Waals surface area (Å²) in [7, 11) is 0. The van der Waals surface area contributed by atoms with Crippen LogP contribution in [0.1, 0.15) is 36.5 Å². The van der Waals surface area contributed by atoms with Crippen molar-refractivity contribution in [1.82, 2.24) is 4.90 Å². The molecule has 0 radical (unpaired) electrons. The van der Waals surface area contributed by atoms with E-state index in [1.165, 1.54) is 25.1 Å². The van der Waals surface area contributed by atoms with Crippen LogP contribution in [0, 0.1) is 11.8 Å². The largest absolute Gasteiger partial charge is 0.300 e. The van der Waals surface area contributed by atoms with Crippen LogP contribution in [0.3, 0.4) is 0 Å². The number of fused-ring (bicyclic) bond motifs is 2. The molecule has 3 unspecified atom stereocenters. The molecule has 2 aliphatic rings. The fraction of sp³-hybridized carbons (Fsp3) is 0.429. The van der Waals surface area contributed by atoms with Crippen LogP contribution in [0.2, 0.25) is 0 Å². The van der Waals surface area contributed by atoms with Gasteiger partial charge in [-0.25, -0.2) is 0 Å². The van der Waals surface area contributed by atoms with Crippen molar-refractivity contribution in [2.45, 2.75) is 32.2 Å². The SMILES string of the molecule is CC(C)N1CC2Cc3ccccc3C(c3ccccc3)C2C1. The molecule has 114 valence electrons. The van der Waals surface area contributed by atoms with Crippen LogP contribution in [-0.2, 0) is 6.42 Å². The maximum atomic E-state index is 2.68. The lowest BCUT2D eigenvalue weighted by molar-refractivity contribution is 0.260. The molecule has 22 heavy (non-hydrogen) atoms. The number of nitrogens with zero attached hydrogens (tertiary/aromatic N) is 1. The van der Waals surface area contributed by atoms with Crippen LogP contribution in [0.5, 0.6) is 0 Å². The summed E-state index contributed by atoms with van der Waals surface area (Å²) in [5, 5.41) is 0. The van der Waals surface area contributed by atoms with Gasteiger partial charge in [-0.05, 0) is 48.8 Å². The molecule has 0 bridgehead atoms. The van der Waals surface area contributed by atoms with Gasteiger partial charge in [0, 0.05) is 25.0 Å². The van der Waals surface area contributed by atoms with E-state index in [9.17, 15) is 0 Å². The Labute approximate surface area is 134 Å². The van der Waals surface area contributed by atoms with E-state index in [1.54, 1.807) is 11.1 Å². The summed E-state index contributed by atoms with van der Waals surface area (Å²) in [5.41, 5.74) is 4.64. The van der Waals surface area contributed by atoms with Gasteiger partial charge in [-0.2, -0.15) is 0 Å². The first-order valence-electron chi connectivity index (χ1n) is 8.61. The van der Waals surface area contributed by atoms with E-state index in [1.807, 2.05) is 0 Å². The minimum Gasteiger partial charge on any atom is -0.300 e. The lowest BCUT2D eigenvalue weighted by atomic mass is 9.68. The zero-order valence-electron chi connectivity index (χ0n) is 13.6. The van der Waals surface area contributed by atoms with Crippen molar-refractivity contribution in [2.24, 2.45) is 11.8 Å². The van der Waals surface area contributed by atoms with Crippen LogP contribution in [0.25, 0.3) is 0 Å². The summed E-state index contributed by atoms with van der Waals surface area (Å²) in [6.07, 6.45) is 1.26. The van der Waals surface area contributed by atoms with Crippen LogP contribution in [0.4, 0.5) is 0 Å². The number of likely N-dealkylation sites (tertiary alicyclic amines) is 1. The smallest absolute Gasteiger partial charge is 0.0136 e. The van der Waals surface area contributed by atoms with Crippen LogP contribution in [-0.4, -0.2) is 24.0 Å². The lowest BCUT2D eigenvalue weighted by Gasteiger charge is -2.35. The summed E-state index contributed by atoms with van der Waals surface area (Å²) >= 11 is 0. The Morgan fingerprint density at radius 2 is 1.64 bits per heavy atom. The molecule has 4 rings (SSSR count). The molecule has 0 saturated carbocycles. The summed E-state index contributed by atoms with van der Waals surface area (Å²) in [4.78, 5) is 2.68. The normalized spacial score (nSPS) is 27.7. The minimum absolute atomic E-state index is 0.569. The molecule has 0 spiro atoms. The molecule has 1 saturated heterocycles. The van der Waals surface area contributed by atoms with Crippen molar-refractivity contribution < 1.29 is 0 Å². The molecule has 2 aromatic rings. The molecule has 1 aliphatic heterocycles. The number of hydrogen-bond acceptors (Lipinski definition) is 1. The van der Waals surface area contributed by atoms with Gasteiger partial charge in [0.15, 0.2) is 0 Å². The Balaban J connectivity index is 1.78. The Morgan fingerprint density at radius 1 is 0.909 bits per heavy atom. The van der Waals surface area contributed by atoms with Gasteiger partial charge in [0.2, 0.25) is 0 Å². The third-order valence-corrected chi connectivity index (χ3v) is 5.71. The highest BCUT2D eigenvalue weighted by atomic mass is 15.2. The molecule has 0 amide bonds. The van der Waals surface area contributed by atoms with Crippen LogP contribution in [0.15, 0.2) is 54.6 Å². The minimum atomic E-state index is 0.569. The molecule has 2 aromatic carbocycles. The van der Waals surface area contributed by atoms with E-state index in [0.717, 1.165) is 11.8 Å². The van der Waals surface area contributed by atoms with E-state index >= 15 is 0 Å². The highest BCUT2D eigenvalue weighted by Gasteiger charge is 2.43. The number of benzene rings is 2. The Bertz CT molecular complexity index is 646. The lowest BCUT2D eigenvalue weighted by Crippen LogP contribution is -2.30. The number of hydrogen-bond donors (Lipinski definition) is 0. The first kappa shape index (κ1) is 14.0. The van der Waals surface area contributed by atoms with E-state index in [2.05, 4.69) is 73.3 Å². The van der Waals surface area contributed by atoms with E-state index in [0.29, 0.717) is 12.0 Å². The third-order valence-electron chi connectivity index (χ3n) is 5.71. The van der Waals surface area contributed by atoms with Gasteiger partial charge >= 0.3 is 0 Å². The zero-order valence-corrected chi connectivity index (χ0v) is 13.6. The average molecular weight is 291 g/mol. The molecule has 0 aromatic heterocycles. The molecule has 1 nitrogen and oxygen atoms in total. The summed E-state index contributed by atoms with van der Waals surface area (Å²) in [6, 6.07) is 20.9. The fourth-order valence-electron chi connectivity index (χ4n) is 4.57. The molecular formula is C21H25N. The number of rotatable bonds is 2. The molecule has 0 N–H and O–H groups in total. The Kier molecular flexibility index (Phi) is 3.54. The molecule has 1 aliphatic carbocycles. The predicted octanol–water partition coefficient (Wildman–Crippen LogP) is 4.33. The maximum Gasteiger partial charge on any atom is 0.0136 e. The third kappa shape index (κ3) is 2.28. The van der Waals surface area contributed by atoms with Crippen molar-refractivity contribution in [3.8, 4) is 0 Å². The fourth-order valence-corrected chi connectivity index (χ4v) is 4.57. The van der Waals surface area contributed by atoms with Crippen LogP contribution >= 0.6 is 0 Å². The van der Waals surface area contributed by atoms with Gasteiger partial charge in [0.05, 0.1) is 0 Å². The van der Waals surface area contributed by atoms with Crippen LogP contribution < -0.4 is 0 Å². The van der Waals surface area contributed by atoms with Gasteiger partial charge in [-0.15, -0.1) is 0 Å². The topological polar surface area (TPSA) is 3.24 Å². The van der Waals surface area contributed by atoms with Gasteiger partial charge in [0.1, 0.15) is 0 Å². The standard InChI is InChI=1S/C21H25N/c1-15(2)22-13-18-12-17-10-6-7-11-19(17)21(20(18)14-22)16-8-4-3-5-9-16/h3-11,15,18,20-21H,12-14H2,1-2H3. The quantitative estimate of drug-likeness (QED) is 0.796. The van der Waals surface area contributed by atoms with Crippen molar-refractivity contribution in [3.05, 3.63) is 71.3 Å². The van der Waals surface area contributed by atoms with Crippen molar-refractivity contribution >= 4 is 0 Å². The zero-order chi connectivity index (χ0) is 15.1. The van der Waals surface area contributed by atoms with Gasteiger partial charge in [-0.1, -0.05) is 54.6 Å². The summed E-state index contributed by atoms with van der Waals surface area (Å²) < 4.78 is 0. The Hall–Kier alpha value is -1.60. The maximum absolute atomic E-state index is 2.68. The molecule has 1 fully saturated rings. The highest BCUT2D eigenvalue weighted by molar-refractivity contribution is 5.42. The highest BCUT2D eigenvalue weighted by Crippen LogP contribution is 2.47. The molecule has 1 heterocycles. The van der Waals surface area contributed by atoms with Gasteiger partial charge in [0.25, 0.3) is 0 Å².